The van der Waals surface area contributed by atoms with Crippen LogP contribution in [0.2, 0.25) is 10.0 Å². The molecule has 3 rings (SSSR count). The molecule has 0 spiro atoms. The van der Waals surface area contributed by atoms with Gasteiger partial charge in [-0.2, -0.15) is 0 Å². The third kappa shape index (κ3) is 4.20. The van der Waals surface area contributed by atoms with Crippen LogP contribution < -0.4 is 4.72 Å². The Kier molecular flexibility index (Phi) is 5.58. The van der Waals surface area contributed by atoms with Crippen LogP contribution in [0, 0.1) is 0 Å². The lowest BCUT2D eigenvalue weighted by atomic mass is 10.2. The first-order valence-electron chi connectivity index (χ1n) is 8.15. The average Bonchev–Trinajstić information content (AvgIpc) is 2.94. The predicted octanol–water partition coefficient (Wildman–Crippen LogP) is 4.39. The lowest BCUT2D eigenvalue weighted by Crippen LogP contribution is -2.29. The highest BCUT2D eigenvalue weighted by Gasteiger charge is 2.22. The van der Waals surface area contributed by atoms with Crippen molar-refractivity contribution < 1.29 is 8.42 Å². The molecule has 0 aliphatic rings. The van der Waals surface area contributed by atoms with Gasteiger partial charge in [-0.1, -0.05) is 48.3 Å². The zero-order chi connectivity index (χ0) is 18.9. The molecule has 0 fully saturated rings. The predicted molar refractivity (Wildman–Crippen MR) is 106 cm³/mol. The van der Waals surface area contributed by atoms with Gasteiger partial charge in [-0.3, -0.25) is 0 Å². The number of nitrogens with one attached hydrogen (secondary N) is 1. The fraction of sp³-hybridized carbons (Fsp3) is 0.278. The van der Waals surface area contributed by atoms with Crippen LogP contribution in [-0.4, -0.2) is 24.2 Å². The van der Waals surface area contributed by atoms with Crippen LogP contribution in [0.5, 0.6) is 0 Å². The number of imidazole rings is 1. The summed E-state index contributed by atoms with van der Waals surface area (Å²) in [4.78, 5) is 4.68. The van der Waals surface area contributed by atoms with E-state index in [0.29, 0.717) is 28.8 Å². The molecule has 0 amide bonds. The SMILES string of the molecule is CCC(NS(C)(=O)=O)c1nc2ccccc2n1Cc1ccc(Cl)c(Cl)c1. The summed E-state index contributed by atoms with van der Waals surface area (Å²) in [5.74, 6) is 0.671. The summed E-state index contributed by atoms with van der Waals surface area (Å²) in [7, 11) is -3.36. The largest absolute Gasteiger partial charge is 0.322 e. The van der Waals surface area contributed by atoms with Gasteiger partial charge < -0.3 is 4.57 Å². The third-order valence-electron chi connectivity index (χ3n) is 4.09. The summed E-state index contributed by atoms with van der Waals surface area (Å²) in [5, 5.41) is 0.979. The van der Waals surface area contributed by atoms with Crippen molar-refractivity contribution in [3.63, 3.8) is 0 Å². The summed E-state index contributed by atoms with van der Waals surface area (Å²) in [5.41, 5.74) is 2.71. The van der Waals surface area contributed by atoms with Gasteiger partial charge in [0.05, 0.1) is 33.4 Å². The van der Waals surface area contributed by atoms with Crippen LogP contribution in [0.3, 0.4) is 0 Å². The molecular weight excluding hydrogens is 393 g/mol. The lowest BCUT2D eigenvalue weighted by Gasteiger charge is -2.18. The molecule has 0 aliphatic carbocycles. The summed E-state index contributed by atoms with van der Waals surface area (Å²) in [6.07, 6.45) is 1.74. The van der Waals surface area contributed by atoms with E-state index in [9.17, 15) is 8.42 Å². The molecule has 1 unspecified atom stereocenters. The molecular formula is C18H19Cl2N3O2S. The molecule has 8 heteroatoms. The van der Waals surface area contributed by atoms with Crippen LogP contribution >= 0.6 is 23.2 Å². The van der Waals surface area contributed by atoms with Crippen molar-refractivity contribution >= 4 is 44.3 Å². The van der Waals surface area contributed by atoms with Gasteiger partial charge in [-0.05, 0) is 36.2 Å². The molecule has 1 atom stereocenters. The Morgan fingerprint density at radius 3 is 2.54 bits per heavy atom. The highest BCUT2D eigenvalue weighted by molar-refractivity contribution is 7.88. The minimum Gasteiger partial charge on any atom is -0.322 e. The van der Waals surface area contributed by atoms with Crippen LogP contribution in [0.1, 0.15) is 30.8 Å². The zero-order valence-electron chi connectivity index (χ0n) is 14.4. The Hall–Kier alpha value is -1.60. The van der Waals surface area contributed by atoms with E-state index in [1.165, 1.54) is 0 Å². The molecule has 0 aliphatic heterocycles. The molecule has 1 heterocycles. The Morgan fingerprint density at radius 2 is 1.88 bits per heavy atom. The second-order valence-corrected chi connectivity index (χ2v) is 8.74. The monoisotopic (exact) mass is 411 g/mol. The molecule has 26 heavy (non-hydrogen) atoms. The van der Waals surface area contributed by atoms with Crippen molar-refractivity contribution in [1.29, 1.82) is 0 Å². The minimum atomic E-state index is -3.36. The maximum absolute atomic E-state index is 11.8. The number of hydrogen-bond donors (Lipinski definition) is 1. The third-order valence-corrected chi connectivity index (χ3v) is 5.54. The molecule has 5 nitrogen and oxygen atoms in total. The van der Waals surface area contributed by atoms with Gasteiger partial charge >= 0.3 is 0 Å². The Labute approximate surface area is 163 Å². The first-order chi connectivity index (χ1) is 12.3. The van der Waals surface area contributed by atoms with E-state index in [0.717, 1.165) is 22.9 Å². The number of nitrogens with zero attached hydrogens (tertiary/aromatic N) is 2. The molecule has 0 bridgehead atoms. The number of halogens is 2. The number of rotatable bonds is 6. The second-order valence-electron chi connectivity index (χ2n) is 6.14. The van der Waals surface area contributed by atoms with Gasteiger partial charge in [0.1, 0.15) is 5.82 Å². The maximum Gasteiger partial charge on any atom is 0.209 e. The quantitative estimate of drug-likeness (QED) is 0.653. The molecule has 138 valence electrons. The van der Waals surface area contributed by atoms with Crippen molar-refractivity contribution in [2.24, 2.45) is 0 Å². The summed E-state index contributed by atoms with van der Waals surface area (Å²) < 4.78 is 28.2. The fourth-order valence-electron chi connectivity index (χ4n) is 2.92. The number of sulfonamides is 1. The molecule has 0 radical (unpaired) electrons. The van der Waals surface area contributed by atoms with Crippen molar-refractivity contribution in [1.82, 2.24) is 14.3 Å². The smallest absolute Gasteiger partial charge is 0.209 e. The van der Waals surface area contributed by atoms with Crippen LogP contribution in [0.25, 0.3) is 11.0 Å². The highest BCUT2D eigenvalue weighted by Crippen LogP contribution is 2.27. The highest BCUT2D eigenvalue weighted by atomic mass is 35.5. The van der Waals surface area contributed by atoms with E-state index < -0.39 is 16.1 Å². The first kappa shape index (κ1) is 19.2. The molecule has 0 saturated heterocycles. The lowest BCUT2D eigenvalue weighted by molar-refractivity contribution is 0.528. The zero-order valence-corrected chi connectivity index (χ0v) is 16.7. The van der Waals surface area contributed by atoms with Crippen molar-refractivity contribution in [3.8, 4) is 0 Å². The van der Waals surface area contributed by atoms with Gasteiger partial charge in [0, 0.05) is 6.54 Å². The van der Waals surface area contributed by atoms with E-state index in [-0.39, 0.29) is 0 Å². The van der Waals surface area contributed by atoms with Gasteiger partial charge in [0.25, 0.3) is 0 Å². The van der Waals surface area contributed by atoms with Crippen molar-refractivity contribution in [3.05, 3.63) is 63.9 Å². The molecule has 3 aromatic rings. The Morgan fingerprint density at radius 1 is 1.15 bits per heavy atom. The Bertz CT molecular complexity index is 1050. The molecule has 0 saturated carbocycles. The fourth-order valence-corrected chi connectivity index (χ4v) is 4.03. The normalized spacial score (nSPS) is 13.2. The van der Waals surface area contributed by atoms with Crippen LogP contribution in [0.4, 0.5) is 0 Å². The molecule has 1 N–H and O–H groups in total. The van der Waals surface area contributed by atoms with Crippen LogP contribution in [0.15, 0.2) is 42.5 Å². The van der Waals surface area contributed by atoms with E-state index in [1.54, 1.807) is 6.07 Å². The average molecular weight is 412 g/mol. The van der Waals surface area contributed by atoms with E-state index in [4.69, 9.17) is 23.2 Å². The summed E-state index contributed by atoms with van der Waals surface area (Å²) >= 11 is 12.1. The van der Waals surface area contributed by atoms with E-state index in [1.807, 2.05) is 47.9 Å². The van der Waals surface area contributed by atoms with Gasteiger partial charge in [-0.25, -0.2) is 18.1 Å². The van der Waals surface area contributed by atoms with Gasteiger partial charge in [0.15, 0.2) is 0 Å². The summed E-state index contributed by atoms with van der Waals surface area (Å²) in [6.45, 7) is 2.43. The van der Waals surface area contributed by atoms with Gasteiger partial charge in [0.2, 0.25) is 10.0 Å². The van der Waals surface area contributed by atoms with Gasteiger partial charge in [-0.15, -0.1) is 0 Å². The number of para-hydroxylation sites is 2. The van der Waals surface area contributed by atoms with Crippen molar-refractivity contribution in [2.45, 2.75) is 25.9 Å². The van der Waals surface area contributed by atoms with Crippen LogP contribution in [-0.2, 0) is 16.6 Å². The number of aromatic nitrogens is 2. The molecule has 2 aromatic carbocycles. The Balaban J connectivity index is 2.10. The summed E-state index contributed by atoms with van der Waals surface area (Å²) in [6, 6.07) is 12.8. The van der Waals surface area contributed by atoms with E-state index in [2.05, 4.69) is 9.71 Å². The number of fused-ring (bicyclic) bond motifs is 1. The first-order valence-corrected chi connectivity index (χ1v) is 10.8. The van der Waals surface area contributed by atoms with E-state index >= 15 is 0 Å². The van der Waals surface area contributed by atoms with Crippen molar-refractivity contribution in [2.75, 3.05) is 6.26 Å². The maximum atomic E-state index is 11.8. The molecule has 1 aromatic heterocycles. The second kappa shape index (κ2) is 7.56. The topological polar surface area (TPSA) is 64.0 Å². The minimum absolute atomic E-state index is 0.417. The number of benzene rings is 2. The standard InChI is InChI=1S/C18H19Cl2N3O2S/c1-3-15(22-26(2,24)25)18-21-16-6-4-5-7-17(16)23(18)11-12-8-9-13(19)14(20)10-12/h4-10,15,22H,3,11H2,1-2H3. The number of hydrogen-bond acceptors (Lipinski definition) is 3.